The highest BCUT2D eigenvalue weighted by atomic mass is 32.1. The molecule has 1 aliphatic carbocycles. The summed E-state index contributed by atoms with van der Waals surface area (Å²) in [5.74, 6) is 0.712. The van der Waals surface area contributed by atoms with E-state index >= 15 is 0 Å². The Morgan fingerprint density at radius 1 is 1.15 bits per heavy atom. The average molecular weight is 294 g/mol. The molecular weight excluding hydrogens is 268 g/mol. The van der Waals surface area contributed by atoms with E-state index in [4.69, 9.17) is 5.73 Å². The summed E-state index contributed by atoms with van der Waals surface area (Å²) in [4.78, 5) is 9.56. The van der Waals surface area contributed by atoms with Crippen molar-refractivity contribution in [2.75, 3.05) is 37.6 Å². The first kappa shape index (κ1) is 14.3. The smallest absolute Gasteiger partial charge is 0.185 e. The van der Waals surface area contributed by atoms with Gasteiger partial charge < -0.3 is 10.6 Å². The minimum Gasteiger partial charge on any atom is -0.346 e. The van der Waals surface area contributed by atoms with Gasteiger partial charge in [0.15, 0.2) is 5.13 Å². The van der Waals surface area contributed by atoms with E-state index in [0.717, 1.165) is 25.7 Å². The van der Waals surface area contributed by atoms with Crippen molar-refractivity contribution in [3.8, 4) is 0 Å². The Hall–Kier alpha value is -0.650. The van der Waals surface area contributed by atoms with E-state index in [1.54, 1.807) is 11.3 Å². The molecule has 112 valence electrons. The molecule has 1 saturated heterocycles. The Balaban J connectivity index is 1.58. The van der Waals surface area contributed by atoms with Gasteiger partial charge >= 0.3 is 0 Å². The molecule has 2 aliphatic rings. The first-order valence-corrected chi connectivity index (χ1v) is 8.85. The van der Waals surface area contributed by atoms with Gasteiger partial charge in [-0.05, 0) is 25.3 Å². The first-order chi connectivity index (χ1) is 9.88. The number of hydrogen-bond donors (Lipinski definition) is 1. The fourth-order valence-electron chi connectivity index (χ4n) is 3.74. The van der Waals surface area contributed by atoms with Crippen molar-refractivity contribution < 1.29 is 0 Å². The summed E-state index contributed by atoms with van der Waals surface area (Å²) in [5.41, 5.74) is 6.03. The summed E-state index contributed by atoms with van der Waals surface area (Å²) in [6.07, 6.45) is 8.73. The van der Waals surface area contributed by atoms with Crippen LogP contribution in [-0.4, -0.2) is 48.6 Å². The molecule has 4 nitrogen and oxygen atoms in total. The molecule has 2 heterocycles. The zero-order chi connectivity index (χ0) is 13.8. The second-order valence-corrected chi connectivity index (χ2v) is 6.91. The Labute approximate surface area is 126 Å². The largest absolute Gasteiger partial charge is 0.346 e. The van der Waals surface area contributed by atoms with E-state index in [1.807, 2.05) is 6.20 Å². The number of thiazole rings is 1. The summed E-state index contributed by atoms with van der Waals surface area (Å²) in [7, 11) is 0. The molecule has 3 rings (SSSR count). The van der Waals surface area contributed by atoms with Gasteiger partial charge in [0.1, 0.15) is 0 Å². The third kappa shape index (κ3) is 3.15. The molecule has 1 aromatic rings. The molecule has 0 bridgehead atoms. The summed E-state index contributed by atoms with van der Waals surface area (Å²) in [6.45, 7) is 5.42. The summed E-state index contributed by atoms with van der Waals surface area (Å²) < 4.78 is 0. The molecule has 1 aromatic heterocycles. The van der Waals surface area contributed by atoms with Crippen LogP contribution in [0.2, 0.25) is 0 Å². The zero-order valence-electron chi connectivity index (χ0n) is 12.2. The van der Waals surface area contributed by atoms with Crippen LogP contribution in [0, 0.1) is 5.92 Å². The van der Waals surface area contributed by atoms with E-state index in [2.05, 4.69) is 20.2 Å². The maximum Gasteiger partial charge on any atom is 0.185 e. The number of anilines is 1. The highest BCUT2D eigenvalue weighted by molar-refractivity contribution is 7.13. The molecule has 20 heavy (non-hydrogen) atoms. The predicted molar refractivity (Wildman–Crippen MR) is 85.3 cm³/mol. The summed E-state index contributed by atoms with van der Waals surface area (Å²) in [6, 6.07) is 0.723. The van der Waals surface area contributed by atoms with Gasteiger partial charge in [0.05, 0.1) is 0 Å². The van der Waals surface area contributed by atoms with Crippen molar-refractivity contribution in [2.24, 2.45) is 11.7 Å². The van der Waals surface area contributed by atoms with E-state index in [0.29, 0.717) is 5.92 Å². The van der Waals surface area contributed by atoms with Crippen LogP contribution in [0.3, 0.4) is 0 Å². The molecule has 1 saturated carbocycles. The monoisotopic (exact) mass is 294 g/mol. The molecule has 0 radical (unpaired) electrons. The molecule has 5 heteroatoms. The van der Waals surface area contributed by atoms with Crippen LogP contribution in [0.25, 0.3) is 0 Å². The van der Waals surface area contributed by atoms with Gasteiger partial charge in [0, 0.05) is 43.8 Å². The maximum absolute atomic E-state index is 6.03. The number of nitrogens with zero attached hydrogens (tertiary/aromatic N) is 3. The summed E-state index contributed by atoms with van der Waals surface area (Å²) in [5, 5.41) is 3.25. The Morgan fingerprint density at radius 2 is 1.95 bits per heavy atom. The molecule has 0 spiro atoms. The van der Waals surface area contributed by atoms with Gasteiger partial charge in [0.25, 0.3) is 0 Å². The van der Waals surface area contributed by atoms with Crippen LogP contribution < -0.4 is 10.6 Å². The molecule has 2 N–H and O–H groups in total. The second-order valence-electron chi connectivity index (χ2n) is 6.04. The van der Waals surface area contributed by atoms with Crippen LogP contribution in [0.15, 0.2) is 11.6 Å². The van der Waals surface area contributed by atoms with Crippen LogP contribution in [0.1, 0.15) is 32.1 Å². The van der Waals surface area contributed by atoms with Crippen LogP contribution >= 0.6 is 11.3 Å². The first-order valence-electron chi connectivity index (χ1n) is 7.97. The minimum absolute atomic E-state index is 0.712. The normalized spacial score (nSPS) is 29.4. The minimum atomic E-state index is 0.712. The number of hydrogen-bond acceptors (Lipinski definition) is 5. The Kier molecular flexibility index (Phi) is 4.91. The third-order valence-electron chi connectivity index (χ3n) is 4.89. The molecule has 2 atom stereocenters. The number of rotatable bonds is 3. The Morgan fingerprint density at radius 3 is 2.65 bits per heavy atom. The highest BCUT2D eigenvalue weighted by Gasteiger charge is 2.30. The fourth-order valence-corrected chi connectivity index (χ4v) is 4.43. The van der Waals surface area contributed by atoms with E-state index < -0.39 is 0 Å². The second kappa shape index (κ2) is 6.87. The fraction of sp³-hybridized carbons (Fsp3) is 0.800. The number of nitrogens with two attached hydrogens (primary N) is 1. The molecule has 2 unspecified atom stereocenters. The van der Waals surface area contributed by atoms with Crippen molar-refractivity contribution >= 4 is 16.5 Å². The van der Waals surface area contributed by atoms with Crippen molar-refractivity contribution in [1.82, 2.24) is 9.88 Å². The summed E-state index contributed by atoms with van der Waals surface area (Å²) >= 11 is 1.75. The third-order valence-corrected chi connectivity index (χ3v) is 5.73. The standard InChI is InChI=1S/C15H26N4S/c16-12-13-4-2-1-3-5-14(13)18-7-9-19(10-8-18)15-17-6-11-20-15/h6,11,13-14H,1-5,7-10,12,16H2. The number of aromatic nitrogens is 1. The SMILES string of the molecule is NCC1CCCCCC1N1CCN(c2nccs2)CC1. The lowest BCUT2D eigenvalue weighted by atomic mass is 9.93. The zero-order valence-corrected chi connectivity index (χ0v) is 13.0. The highest BCUT2D eigenvalue weighted by Crippen LogP contribution is 2.28. The lowest BCUT2D eigenvalue weighted by molar-refractivity contribution is 0.128. The lowest BCUT2D eigenvalue weighted by Gasteiger charge is -2.41. The molecular formula is C15H26N4S. The van der Waals surface area contributed by atoms with Gasteiger partial charge in [-0.2, -0.15) is 0 Å². The van der Waals surface area contributed by atoms with Crippen LogP contribution in [0.4, 0.5) is 5.13 Å². The van der Waals surface area contributed by atoms with Gasteiger partial charge in [0.2, 0.25) is 0 Å². The molecule has 0 aromatic carbocycles. The molecule has 2 fully saturated rings. The van der Waals surface area contributed by atoms with Gasteiger partial charge in [-0.15, -0.1) is 11.3 Å². The van der Waals surface area contributed by atoms with Gasteiger partial charge in [-0.25, -0.2) is 4.98 Å². The van der Waals surface area contributed by atoms with Crippen molar-refractivity contribution in [2.45, 2.75) is 38.1 Å². The van der Waals surface area contributed by atoms with Crippen molar-refractivity contribution in [3.05, 3.63) is 11.6 Å². The van der Waals surface area contributed by atoms with E-state index in [1.165, 1.54) is 50.3 Å². The lowest BCUT2D eigenvalue weighted by Crippen LogP contribution is -2.53. The topological polar surface area (TPSA) is 45.4 Å². The van der Waals surface area contributed by atoms with E-state index in [-0.39, 0.29) is 0 Å². The number of piperazine rings is 1. The maximum atomic E-state index is 6.03. The van der Waals surface area contributed by atoms with Crippen LogP contribution in [-0.2, 0) is 0 Å². The quantitative estimate of drug-likeness (QED) is 0.868. The van der Waals surface area contributed by atoms with Crippen LogP contribution in [0.5, 0.6) is 0 Å². The van der Waals surface area contributed by atoms with Crippen molar-refractivity contribution in [3.63, 3.8) is 0 Å². The van der Waals surface area contributed by atoms with E-state index in [9.17, 15) is 0 Å². The molecule has 1 aliphatic heterocycles. The molecule has 0 amide bonds. The Bertz CT molecular complexity index is 387. The average Bonchev–Trinajstić information content (AvgIpc) is 2.92. The van der Waals surface area contributed by atoms with Gasteiger partial charge in [-0.3, -0.25) is 4.90 Å². The predicted octanol–water partition coefficient (Wildman–Crippen LogP) is 2.17. The van der Waals surface area contributed by atoms with Gasteiger partial charge in [-0.1, -0.05) is 19.3 Å². The van der Waals surface area contributed by atoms with Crippen molar-refractivity contribution in [1.29, 1.82) is 0 Å².